The van der Waals surface area contributed by atoms with Crippen molar-refractivity contribution >= 4 is 11.9 Å². The molecule has 0 aliphatic rings. The zero-order valence-corrected chi connectivity index (χ0v) is 15.9. The Kier molecular flexibility index (Phi) is 9.25. The third-order valence-electron chi connectivity index (χ3n) is 4.64. The summed E-state index contributed by atoms with van der Waals surface area (Å²) in [5.41, 5.74) is 2.79. The second-order valence-electron chi connectivity index (χ2n) is 6.69. The van der Waals surface area contributed by atoms with Gasteiger partial charge in [0, 0.05) is 0 Å². The Hall–Kier alpha value is -1.84. The smallest absolute Gasteiger partial charge is 0.336 e. The molecular weight excluding hydrogens is 316 g/mol. The summed E-state index contributed by atoms with van der Waals surface area (Å²) in [4.78, 5) is 23.5. The van der Waals surface area contributed by atoms with E-state index in [0.717, 1.165) is 68.1 Å². The normalized spacial score (nSPS) is 10.8. The van der Waals surface area contributed by atoms with Gasteiger partial charge < -0.3 is 10.2 Å². The monoisotopic (exact) mass is 348 g/mol. The van der Waals surface area contributed by atoms with E-state index in [4.69, 9.17) is 0 Å². The molecule has 25 heavy (non-hydrogen) atoms. The van der Waals surface area contributed by atoms with Gasteiger partial charge in [-0.25, -0.2) is 9.59 Å². The summed E-state index contributed by atoms with van der Waals surface area (Å²) < 4.78 is 0. The van der Waals surface area contributed by atoms with Gasteiger partial charge in [-0.15, -0.1) is 0 Å². The lowest BCUT2D eigenvalue weighted by molar-refractivity contribution is 0.0650. The van der Waals surface area contributed by atoms with Crippen molar-refractivity contribution in [2.75, 3.05) is 0 Å². The van der Waals surface area contributed by atoms with Crippen molar-refractivity contribution in [1.29, 1.82) is 0 Å². The summed E-state index contributed by atoms with van der Waals surface area (Å²) in [5, 5.41) is 19.2. The molecule has 0 heterocycles. The van der Waals surface area contributed by atoms with Crippen molar-refractivity contribution in [2.45, 2.75) is 85.0 Å². The summed E-state index contributed by atoms with van der Waals surface area (Å²) in [6.45, 7) is 6.30. The number of hydrogen-bond acceptors (Lipinski definition) is 2. The zero-order valence-electron chi connectivity index (χ0n) is 15.9. The minimum atomic E-state index is -1.15. The van der Waals surface area contributed by atoms with E-state index in [-0.39, 0.29) is 11.1 Å². The maximum atomic E-state index is 11.8. The van der Waals surface area contributed by atoms with Gasteiger partial charge >= 0.3 is 11.9 Å². The molecule has 140 valence electrons. The van der Waals surface area contributed by atoms with Crippen LogP contribution in [0.2, 0.25) is 0 Å². The fourth-order valence-corrected chi connectivity index (χ4v) is 3.49. The van der Waals surface area contributed by atoms with Gasteiger partial charge in [0.05, 0.1) is 11.1 Å². The lowest BCUT2D eigenvalue weighted by Crippen LogP contribution is -2.16. The van der Waals surface area contributed by atoms with Crippen LogP contribution in [0, 0.1) is 0 Å². The highest BCUT2D eigenvalue weighted by Crippen LogP contribution is 2.28. The Labute approximate surface area is 151 Å². The number of aromatic carboxylic acids is 2. The van der Waals surface area contributed by atoms with E-state index >= 15 is 0 Å². The van der Waals surface area contributed by atoms with Gasteiger partial charge in [0.2, 0.25) is 0 Å². The van der Waals surface area contributed by atoms with E-state index in [2.05, 4.69) is 20.8 Å². The van der Waals surface area contributed by atoms with Gasteiger partial charge in [-0.1, -0.05) is 59.3 Å². The Morgan fingerprint density at radius 2 is 1.40 bits per heavy atom. The molecule has 0 bridgehead atoms. The van der Waals surface area contributed by atoms with Crippen LogP contribution in [0.4, 0.5) is 0 Å². The largest absolute Gasteiger partial charge is 0.478 e. The fourth-order valence-electron chi connectivity index (χ4n) is 3.49. The number of carboxylic acid groups (broad SMARTS) is 2. The van der Waals surface area contributed by atoms with Gasteiger partial charge in [0.1, 0.15) is 0 Å². The van der Waals surface area contributed by atoms with Crippen LogP contribution >= 0.6 is 0 Å². The molecule has 0 aromatic heterocycles. The molecule has 0 amide bonds. The maximum Gasteiger partial charge on any atom is 0.336 e. The second-order valence-corrected chi connectivity index (χ2v) is 6.69. The van der Waals surface area contributed by atoms with Crippen molar-refractivity contribution in [2.24, 2.45) is 0 Å². The van der Waals surface area contributed by atoms with Gasteiger partial charge in [0.25, 0.3) is 0 Å². The van der Waals surface area contributed by atoms with Crippen molar-refractivity contribution in [3.63, 3.8) is 0 Å². The molecule has 0 spiro atoms. The minimum absolute atomic E-state index is 0.00583. The Morgan fingerprint density at radius 1 is 0.760 bits per heavy atom. The van der Waals surface area contributed by atoms with Gasteiger partial charge in [-0.2, -0.15) is 0 Å². The van der Waals surface area contributed by atoms with E-state index in [1.807, 2.05) is 0 Å². The number of carboxylic acids is 2. The zero-order chi connectivity index (χ0) is 18.8. The first-order valence-electron chi connectivity index (χ1n) is 9.61. The molecule has 0 fully saturated rings. The molecular formula is C21H32O4. The van der Waals surface area contributed by atoms with Crippen LogP contribution in [0.5, 0.6) is 0 Å². The highest BCUT2D eigenvalue weighted by Gasteiger charge is 2.24. The Bertz CT molecular complexity index is 590. The molecule has 0 saturated carbocycles. The van der Waals surface area contributed by atoms with Crippen molar-refractivity contribution < 1.29 is 19.8 Å². The van der Waals surface area contributed by atoms with E-state index in [9.17, 15) is 19.8 Å². The van der Waals surface area contributed by atoms with Crippen LogP contribution in [0.25, 0.3) is 0 Å². The van der Waals surface area contributed by atoms with Gasteiger partial charge in [-0.05, 0) is 48.4 Å². The van der Waals surface area contributed by atoms with E-state index in [1.54, 1.807) is 6.07 Å². The molecule has 1 rings (SSSR count). The maximum absolute atomic E-state index is 11.8. The number of benzene rings is 1. The lowest BCUT2D eigenvalue weighted by Gasteiger charge is -2.19. The quantitative estimate of drug-likeness (QED) is 0.489. The summed E-state index contributed by atoms with van der Waals surface area (Å²) in [7, 11) is 0. The molecule has 2 N–H and O–H groups in total. The molecule has 0 saturated heterocycles. The van der Waals surface area contributed by atoms with E-state index in [0.29, 0.717) is 6.42 Å². The Morgan fingerprint density at radius 3 is 1.92 bits per heavy atom. The predicted molar refractivity (Wildman–Crippen MR) is 101 cm³/mol. The summed E-state index contributed by atoms with van der Waals surface area (Å²) in [6, 6.07) is 1.60. The Balaban J connectivity index is 3.36. The van der Waals surface area contributed by atoms with Crippen LogP contribution < -0.4 is 0 Å². The summed E-state index contributed by atoms with van der Waals surface area (Å²) in [5.74, 6) is -2.27. The predicted octanol–water partition coefficient (Wildman–Crippen LogP) is 5.50. The first-order chi connectivity index (χ1) is 12.0. The van der Waals surface area contributed by atoms with E-state index in [1.165, 1.54) is 6.42 Å². The molecule has 0 atom stereocenters. The van der Waals surface area contributed by atoms with Crippen LogP contribution in [0.15, 0.2) is 6.07 Å². The van der Waals surface area contributed by atoms with Crippen molar-refractivity contribution in [1.82, 2.24) is 0 Å². The molecule has 0 unspecified atom stereocenters. The third kappa shape index (κ3) is 5.87. The summed E-state index contributed by atoms with van der Waals surface area (Å²) >= 11 is 0. The van der Waals surface area contributed by atoms with Crippen LogP contribution in [0.3, 0.4) is 0 Å². The van der Waals surface area contributed by atoms with Gasteiger partial charge in [0.15, 0.2) is 0 Å². The minimum Gasteiger partial charge on any atom is -0.478 e. The fraction of sp³-hybridized carbons (Fsp3) is 0.619. The number of carbonyl (C=O) groups is 2. The molecule has 4 heteroatoms. The third-order valence-corrected chi connectivity index (χ3v) is 4.64. The first-order valence-corrected chi connectivity index (χ1v) is 9.61. The number of unbranched alkanes of at least 4 members (excludes halogenated alkanes) is 4. The van der Waals surface area contributed by atoms with Crippen molar-refractivity contribution in [3.8, 4) is 0 Å². The number of rotatable bonds is 12. The second kappa shape index (κ2) is 10.9. The number of hydrogen-bond donors (Lipinski definition) is 2. The highest BCUT2D eigenvalue weighted by molar-refractivity contribution is 6.03. The molecule has 4 nitrogen and oxygen atoms in total. The van der Waals surface area contributed by atoms with E-state index < -0.39 is 11.9 Å². The molecule has 1 aromatic rings. The average molecular weight is 348 g/mol. The van der Waals surface area contributed by atoms with Crippen LogP contribution in [-0.2, 0) is 19.3 Å². The highest BCUT2D eigenvalue weighted by atomic mass is 16.4. The van der Waals surface area contributed by atoms with Crippen LogP contribution in [0.1, 0.15) is 103 Å². The molecule has 1 aromatic carbocycles. The average Bonchev–Trinajstić information content (AvgIpc) is 2.56. The van der Waals surface area contributed by atoms with Gasteiger partial charge in [-0.3, -0.25) is 0 Å². The topological polar surface area (TPSA) is 74.6 Å². The molecule has 0 aliphatic heterocycles. The van der Waals surface area contributed by atoms with Crippen molar-refractivity contribution in [3.05, 3.63) is 33.9 Å². The SMILES string of the molecule is CCCCCCCc1c(CCC)c(CCC)cc(C(=O)O)c1C(=O)O. The lowest BCUT2D eigenvalue weighted by atomic mass is 9.85. The first kappa shape index (κ1) is 21.2. The summed E-state index contributed by atoms with van der Waals surface area (Å²) in [6.07, 6.45) is 9.53. The van der Waals surface area contributed by atoms with Crippen LogP contribution in [-0.4, -0.2) is 22.2 Å². The molecule has 0 aliphatic carbocycles. The number of aryl methyl sites for hydroxylation is 1. The standard InChI is InChI=1S/C21H32O4/c1-4-7-8-9-10-13-17-16(12-6-3)15(11-5-2)14-18(20(22)23)19(17)21(24)25/h14H,4-13H2,1-3H3,(H,22,23)(H,24,25). The molecule has 0 radical (unpaired) electrons.